The third-order valence-corrected chi connectivity index (χ3v) is 4.91. The quantitative estimate of drug-likeness (QED) is 0.832. The van der Waals surface area contributed by atoms with E-state index in [0.717, 1.165) is 30.8 Å². The number of nitrogens with zero attached hydrogens (tertiary/aromatic N) is 1. The Bertz CT molecular complexity index is 425. The molecule has 0 saturated carbocycles. The number of methoxy groups -OCH3 is 1. The van der Waals surface area contributed by atoms with E-state index in [1.807, 2.05) is 0 Å². The Balaban J connectivity index is 1.45. The highest BCUT2D eigenvalue weighted by Crippen LogP contribution is 2.25. The number of ether oxygens (including phenoxy) is 2. The summed E-state index contributed by atoms with van der Waals surface area (Å²) < 4.78 is 10.7. The van der Waals surface area contributed by atoms with Gasteiger partial charge in [0.05, 0.1) is 7.11 Å². The highest BCUT2D eigenvalue weighted by Gasteiger charge is 2.25. The zero-order valence-corrected chi connectivity index (χ0v) is 13.1. The second-order valence-corrected chi connectivity index (χ2v) is 6.52. The van der Waals surface area contributed by atoms with Crippen LogP contribution in [0.15, 0.2) is 24.3 Å². The molecule has 1 atom stereocenters. The molecule has 0 bridgehead atoms. The van der Waals surface area contributed by atoms with Gasteiger partial charge in [-0.15, -0.1) is 0 Å². The van der Waals surface area contributed by atoms with E-state index in [4.69, 9.17) is 9.47 Å². The molecule has 116 valence electrons. The number of benzene rings is 1. The summed E-state index contributed by atoms with van der Waals surface area (Å²) in [6.45, 7) is 5.76. The maximum absolute atomic E-state index is 5.45. The predicted octanol–water partition coefficient (Wildman–Crippen LogP) is 2.99. The SMILES string of the molecule is COc1ccc(CC2CCN(CC3CCOCC3)C2)cc1. The van der Waals surface area contributed by atoms with Crippen LogP contribution in [0.3, 0.4) is 0 Å². The molecule has 2 fully saturated rings. The Morgan fingerprint density at radius 1 is 1.10 bits per heavy atom. The summed E-state index contributed by atoms with van der Waals surface area (Å²) >= 11 is 0. The summed E-state index contributed by atoms with van der Waals surface area (Å²) in [5, 5.41) is 0. The van der Waals surface area contributed by atoms with Gasteiger partial charge in [0.2, 0.25) is 0 Å². The van der Waals surface area contributed by atoms with Gasteiger partial charge in [-0.05, 0) is 61.8 Å². The molecule has 1 aromatic carbocycles. The first-order valence-corrected chi connectivity index (χ1v) is 8.26. The number of hydrogen-bond donors (Lipinski definition) is 0. The lowest BCUT2D eigenvalue weighted by atomic mass is 9.98. The topological polar surface area (TPSA) is 21.7 Å². The molecule has 0 spiro atoms. The Kier molecular flexibility index (Phi) is 5.15. The molecular formula is C18H27NO2. The Labute approximate surface area is 128 Å². The predicted molar refractivity (Wildman–Crippen MR) is 84.8 cm³/mol. The van der Waals surface area contributed by atoms with Crippen molar-refractivity contribution in [3.8, 4) is 5.75 Å². The van der Waals surface area contributed by atoms with Crippen LogP contribution in [0.25, 0.3) is 0 Å². The molecule has 21 heavy (non-hydrogen) atoms. The maximum atomic E-state index is 5.45. The van der Waals surface area contributed by atoms with Crippen molar-refractivity contribution in [3.63, 3.8) is 0 Å². The first-order valence-electron chi connectivity index (χ1n) is 8.26. The number of likely N-dealkylation sites (tertiary alicyclic amines) is 1. The minimum atomic E-state index is 0.818. The minimum Gasteiger partial charge on any atom is -0.497 e. The van der Waals surface area contributed by atoms with E-state index in [2.05, 4.69) is 29.2 Å². The molecule has 0 radical (unpaired) electrons. The molecule has 3 nitrogen and oxygen atoms in total. The molecule has 0 aliphatic carbocycles. The van der Waals surface area contributed by atoms with E-state index in [9.17, 15) is 0 Å². The molecule has 2 aliphatic rings. The first-order chi connectivity index (χ1) is 10.3. The van der Waals surface area contributed by atoms with E-state index in [-0.39, 0.29) is 0 Å². The Morgan fingerprint density at radius 3 is 2.57 bits per heavy atom. The molecule has 2 heterocycles. The fourth-order valence-electron chi connectivity index (χ4n) is 3.63. The standard InChI is InChI=1S/C18H27NO2/c1-20-18-4-2-15(3-5-18)12-17-6-9-19(14-17)13-16-7-10-21-11-8-16/h2-5,16-17H,6-14H2,1H3. The number of rotatable bonds is 5. The van der Waals surface area contributed by atoms with Crippen molar-refractivity contribution in [1.29, 1.82) is 0 Å². The first kappa shape index (κ1) is 14.9. The fraction of sp³-hybridized carbons (Fsp3) is 0.667. The Hall–Kier alpha value is -1.06. The molecule has 1 aromatic rings. The van der Waals surface area contributed by atoms with Crippen LogP contribution in [0.5, 0.6) is 5.75 Å². The van der Waals surface area contributed by atoms with Crippen molar-refractivity contribution >= 4 is 0 Å². The maximum Gasteiger partial charge on any atom is 0.118 e. The third-order valence-electron chi connectivity index (χ3n) is 4.91. The lowest BCUT2D eigenvalue weighted by Gasteiger charge is -2.27. The summed E-state index contributed by atoms with van der Waals surface area (Å²) in [5.41, 5.74) is 1.44. The van der Waals surface area contributed by atoms with Crippen LogP contribution in [-0.4, -0.2) is 44.9 Å². The van der Waals surface area contributed by atoms with Gasteiger partial charge < -0.3 is 14.4 Å². The van der Waals surface area contributed by atoms with Crippen LogP contribution in [0, 0.1) is 11.8 Å². The zero-order valence-electron chi connectivity index (χ0n) is 13.1. The molecular weight excluding hydrogens is 262 g/mol. The van der Waals surface area contributed by atoms with Crippen molar-refractivity contribution in [2.24, 2.45) is 11.8 Å². The highest BCUT2D eigenvalue weighted by molar-refractivity contribution is 5.27. The van der Waals surface area contributed by atoms with Crippen LogP contribution in [0.1, 0.15) is 24.8 Å². The third kappa shape index (κ3) is 4.21. The molecule has 2 saturated heterocycles. The summed E-state index contributed by atoms with van der Waals surface area (Å²) in [6.07, 6.45) is 5.04. The van der Waals surface area contributed by atoms with Gasteiger partial charge in [-0.2, -0.15) is 0 Å². The fourth-order valence-corrected chi connectivity index (χ4v) is 3.63. The molecule has 0 N–H and O–H groups in total. The minimum absolute atomic E-state index is 0.818. The smallest absolute Gasteiger partial charge is 0.118 e. The van der Waals surface area contributed by atoms with Crippen molar-refractivity contribution in [2.75, 3.05) is 40.0 Å². The van der Waals surface area contributed by atoms with E-state index in [1.54, 1.807) is 7.11 Å². The van der Waals surface area contributed by atoms with Crippen molar-refractivity contribution < 1.29 is 9.47 Å². The van der Waals surface area contributed by atoms with Crippen molar-refractivity contribution in [3.05, 3.63) is 29.8 Å². The van der Waals surface area contributed by atoms with Crippen LogP contribution in [0.4, 0.5) is 0 Å². The largest absolute Gasteiger partial charge is 0.497 e. The van der Waals surface area contributed by atoms with Crippen molar-refractivity contribution in [1.82, 2.24) is 4.90 Å². The van der Waals surface area contributed by atoms with E-state index >= 15 is 0 Å². The van der Waals surface area contributed by atoms with Gasteiger partial charge in [-0.25, -0.2) is 0 Å². The van der Waals surface area contributed by atoms with Crippen molar-refractivity contribution in [2.45, 2.75) is 25.7 Å². The molecule has 3 rings (SSSR count). The van der Waals surface area contributed by atoms with Crippen LogP contribution >= 0.6 is 0 Å². The lowest BCUT2D eigenvalue weighted by Crippen LogP contribution is -2.31. The average Bonchev–Trinajstić information content (AvgIpc) is 2.96. The van der Waals surface area contributed by atoms with E-state index < -0.39 is 0 Å². The van der Waals surface area contributed by atoms with E-state index in [0.29, 0.717) is 0 Å². The van der Waals surface area contributed by atoms with Gasteiger partial charge in [-0.1, -0.05) is 12.1 Å². The van der Waals surface area contributed by atoms with Gasteiger partial charge in [0.1, 0.15) is 5.75 Å². The highest BCUT2D eigenvalue weighted by atomic mass is 16.5. The Morgan fingerprint density at radius 2 is 1.86 bits per heavy atom. The van der Waals surface area contributed by atoms with Gasteiger partial charge >= 0.3 is 0 Å². The monoisotopic (exact) mass is 289 g/mol. The molecule has 2 aliphatic heterocycles. The molecule has 3 heteroatoms. The van der Waals surface area contributed by atoms with E-state index in [1.165, 1.54) is 50.9 Å². The van der Waals surface area contributed by atoms with Crippen LogP contribution in [-0.2, 0) is 11.2 Å². The second kappa shape index (κ2) is 7.28. The summed E-state index contributed by atoms with van der Waals surface area (Å²) in [5.74, 6) is 2.63. The summed E-state index contributed by atoms with van der Waals surface area (Å²) in [4.78, 5) is 2.67. The second-order valence-electron chi connectivity index (χ2n) is 6.52. The average molecular weight is 289 g/mol. The van der Waals surface area contributed by atoms with Gasteiger partial charge in [0.25, 0.3) is 0 Å². The van der Waals surface area contributed by atoms with Crippen LogP contribution in [0.2, 0.25) is 0 Å². The van der Waals surface area contributed by atoms with Gasteiger partial charge in [0, 0.05) is 26.3 Å². The summed E-state index contributed by atoms with van der Waals surface area (Å²) in [6, 6.07) is 8.56. The zero-order chi connectivity index (χ0) is 14.5. The van der Waals surface area contributed by atoms with Gasteiger partial charge in [0.15, 0.2) is 0 Å². The molecule has 0 aromatic heterocycles. The summed E-state index contributed by atoms with van der Waals surface area (Å²) in [7, 11) is 1.72. The normalized spacial score (nSPS) is 24.3. The van der Waals surface area contributed by atoms with Gasteiger partial charge in [-0.3, -0.25) is 0 Å². The molecule has 0 amide bonds. The molecule has 1 unspecified atom stereocenters. The number of hydrogen-bond acceptors (Lipinski definition) is 3. The van der Waals surface area contributed by atoms with Crippen LogP contribution < -0.4 is 4.74 Å². The lowest BCUT2D eigenvalue weighted by molar-refractivity contribution is 0.0551.